The summed E-state index contributed by atoms with van der Waals surface area (Å²) in [5.41, 5.74) is 0.922. The van der Waals surface area contributed by atoms with Gasteiger partial charge in [-0.25, -0.2) is 4.79 Å². The van der Waals surface area contributed by atoms with Crippen molar-refractivity contribution >= 4 is 22.6 Å². The Balaban J connectivity index is 2.64. The molecule has 0 spiro atoms. The van der Waals surface area contributed by atoms with Crippen LogP contribution < -0.4 is 0 Å². The van der Waals surface area contributed by atoms with Gasteiger partial charge in [-0.3, -0.25) is 0 Å². The molecule has 0 unspecified atom stereocenters. The molecule has 0 bridgehead atoms. The second-order valence-electron chi connectivity index (χ2n) is 3.00. The third-order valence-corrected chi connectivity index (χ3v) is 2.14. The Morgan fingerprint density at radius 2 is 2.00 bits per heavy atom. The van der Waals surface area contributed by atoms with E-state index in [4.69, 9.17) is 5.11 Å². The molecule has 0 saturated carbocycles. The monoisotopic (exact) mass is 187 g/mol. The predicted molar refractivity (Wildman–Crippen MR) is 54.9 cm³/mol. The summed E-state index contributed by atoms with van der Waals surface area (Å²) in [5, 5.41) is 9.80. The van der Waals surface area contributed by atoms with Crippen molar-refractivity contribution in [1.29, 1.82) is 0 Å². The summed E-state index contributed by atoms with van der Waals surface area (Å²) in [6, 6.07) is 9.44. The molecule has 0 amide bonds. The normalized spacial score (nSPS) is 10.3. The van der Waals surface area contributed by atoms with Gasteiger partial charge in [0.25, 0.3) is 0 Å². The second-order valence-corrected chi connectivity index (χ2v) is 3.00. The van der Waals surface area contributed by atoms with E-state index in [1.807, 2.05) is 30.3 Å². The van der Waals surface area contributed by atoms with E-state index in [-0.39, 0.29) is 5.70 Å². The number of carbonyl (C=O) groups is 1. The quantitative estimate of drug-likeness (QED) is 0.732. The molecule has 0 aliphatic heterocycles. The average Bonchev–Trinajstić information content (AvgIpc) is 2.60. The summed E-state index contributed by atoms with van der Waals surface area (Å²) < 4.78 is 1.57. The fourth-order valence-electron chi connectivity index (χ4n) is 1.42. The zero-order valence-corrected chi connectivity index (χ0v) is 7.47. The Bertz CT molecular complexity index is 511. The smallest absolute Gasteiger partial charge is 0.352 e. The van der Waals surface area contributed by atoms with Crippen LogP contribution >= 0.6 is 0 Å². The molecule has 14 heavy (non-hydrogen) atoms. The maximum atomic E-state index is 10.7. The van der Waals surface area contributed by atoms with E-state index in [1.54, 1.807) is 10.8 Å². The Hall–Kier alpha value is -2.03. The summed E-state index contributed by atoms with van der Waals surface area (Å²) >= 11 is 0. The molecule has 0 atom stereocenters. The zero-order valence-electron chi connectivity index (χ0n) is 7.47. The molecule has 1 heterocycles. The summed E-state index contributed by atoms with van der Waals surface area (Å²) in [6.07, 6.45) is 1.71. The molecule has 0 fully saturated rings. The van der Waals surface area contributed by atoms with E-state index in [0.29, 0.717) is 0 Å². The van der Waals surface area contributed by atoms with Gasteiger partial charge in [-0.15, -0.1) is 0 Å². The van der Waals surface area contributed by atoms with Crippen LogP contribution in [-0.4, -0.2) is 15.6 Å². The van der Waals surface area contributed by atoms with Crippen molar-refractivity contribution in [3.8, 4) is 0 Å². The van der Waals surface area contributed by atoms with Gasteiger partial charge in [-0.05, 0) is 17.5 Å². The van der Waals surface area contributed by atoms with Crippen molar-refractivity contribution in [1.82, 2.24) is 4.57 Å². The number of para-hydroxylation sites is 1. The number of benzene rings is 1. The first kappa shape index (κ1) is 8.56. The van der Waals surface area contributed by atoms with Crippen molar-refractivity contribution in [2.24, 2.45) is 0 Å². The van der Waals surface area contributed by atoms with E-state index < -0.39 is 5.97 Å². The van der Waals surface area contributed by atoms with Crippen molar-refractivity contribution in [2.45, 2.75) is 0 Å². The molecule has 70 valence electrons. The lowest BCUT2D eigenvalue weighted by atomic mass is 10.2. The standard InChI is InChI=1S/C11H9NO2/c1-8(11(13)14)12-7-6-9-4-2-3-5-10(9)12/h2-7H,1H2,(H,13,14). The van der Waals surface area contributed by atoms with Crippen molar-refractivity contribution in [3.05, 3.63) is 43.1 Å². The lowest BCUT2D eigenvalue weighted by molar-refractivity contribution is -0.130. The van der Waals surface area contributed by atoms with E-state index in [0.717, 1.165) is 10.9 Å². The number of rotatable bonds is 2. The molecular weight excluding hydrogens is 178 g/mol. The van der Waals surface area contributed by atoms with E-state index >= 15 is 0 Å². The predicted octanol–water partition coefficient (Wildman–Crippen LogP) is 2.20. The molecule has 0 aliphatic carbocycles. The van der Waals surface area contributed by atoms with E-state index in [2.05, 4.69) is 6.58 Å². The highest BCUT2D eigenvalue weighted by Gasteiger charge is 2.08. The van der Waals surface area contributed by atoms with Gasteiger partial charge in [-0.2, -0.15) is 0 Å². The van der Waals surface area contributed by atoms with Gasteiger partial charge in [0, 0.05) is 6.20 Å². The minimum absolute atomic E-state index is 0.0613. The van der Waals surface area contributed by atoms with Crippen LogP contribution in [0.25, 0.3) is 16.6 Å². The molecule has 2 rings (SSSR count). The Kier molecular flexibility index (Phi) is 1.85. The highest BCUT2D eigenvalue weighted by atomic mass is 16.4. The van der Waals surface area contributed by atoms with Crippen LogP contribution in [0.15, 0.2) is 43.1 Å². The largest absolute Gasteiger partial charge is 0.477 e. The van der Waals surface area contributed by atoms with E-state index in [9.17, 15) is 4.79 Å². The maximum Gasteiger partial charge on any atom is 0.352 e. The van der Waals surface area contributed by atoms with Crippen molar-refractivity contribution < 1.29 is 9.90 Å². The van der Waals surface area contributed by atoms with Crippen LogP contribution in [0, 0.1) is 0 Å². The van der Waals surface area contributed by atoms with Crippen molar-refractivity contribution in [3.63, 3.8) is 0 Å². The van der Waals surface area contributed by atoms with Crippen LogP contribution in [0.5, 0.6) is 0 Å². The molecule has 1 aromatic carbocycles. The SMILES string of the molecule is C=C(C(=O)O)n1ccc2ccccc21. The second kappa shape index (κ2) is 3.03. The van der Waals surface area contributed by atoms with Crippen LogP contribution in [-0.2, 0) is 4.79 Å². The van der Waals surface area contributed by atoms with Gasteiger partial charge in [0.15, 0.2) is 0 Å². The Labute approximate surface area is 80.9 Å². The lowest BCUT2D eigenvalue weighted by Gasteiger charge is -2.03. The van der Waals surface area contributed by atoms with Gasteiger partial charge in [0.05, 0.1) is 5.52 Å². The van der Waals surface area contributed by atoms with Crippen LogP contribution in [0.1, 0.15) is 0 Å². The first-order chi connectivity index (χ1) is 6.70. The number of nitrogens with zero attached hydrogens (tertiary/aromatic N) is 1. The molecular formula is C11H9NO2. The summed E-state index contributed by atoms with van der Waals surface area (Å²) in [5.74, 6) is -1.01. The highest BCUT2D eigenvalue weighted by Crippen LogP contribution is 2.18. The maximum absolute atomic E-state index is 10.7. The summed E-state index contributed by atoms with van der Waals surface area (Å²) in [6.45, 7) is 3.51. The van der Waals surface area contributed by atoms with Gasteiger partial charge < -0.3 is 9.67 Å². The van der Waals surface area contributed by atoms with Gasteiger partial charge >= 0.3 is 5.97 Å². The van der Waals surface area contributed by atoms with Crippen molar-refractivity contribution in [2.75, 3.05) is 0 Å². The number of aromatic nitrogens is 1. The molecule has 3 nitrogen and oxygen atoms in total. The minimum Gasteiger partial charge on any atom is -0.477 e. The van der Waals surface area contributed by atoms with Gasteiger partial charge in [-0.1, -0.05) is 24.8 Å². The number of aliphatic carboxylic acids is 1. The number of fused-ring (bicyclic) bond motifs is 1. The third-order valence-electron chi connectivity index (χ3n) is 2.14. The van der Waals surface area contributed by atoms with Crippen LogP contribution in [0.2, 0.25) is 0 Å². The first-order valence-corrected chi connectivity index (χ1v) is 4.19. The fraction of sp³-hybridized carbons (Fsp3) is 0. The molecule has 0 radical (unpaired) electrons. The fourth-order valence-corrected chi connectivity index (χ4v) is 1.42. The summed E-state index contributed by atoms with van der Waals surface area (Å²) in [7, 11) is 0. The molecule has 0 saturated heterocycles. The number of hydrogen-bond acceptors (Lipinski definition) is 1. The molecule has 3 heteroatoms. The van der Waals surface area contributed by atoms with Crippen LogP contribution in [0.3, 0.4) is 0 Å². The van der Waals surface area contributed by atoms with Gasteiger partial charge in [0.1, 0.15) is 5.70 Å². The van der Waals surface area contributed by atoms with E-state index in [1.165, 1.54) is 0 Å². The van der Waals surface area contributed by atoms with Crippen LogP contribution in [0.4, 0.5) is 0 Å². The number of carboxylic acids is 1. The molecule has 2 aromatic rings. The Morgan fingerprint density at radius 3 is 2.71 bits per heavy atom. The number of hydrogen-bond donors (Lipinski definition) is 1. The molecule has 1 N–H and O–H groups in total. The van der Waals surface area contributed by atoms with Gasteiger partial charge in [0.2, 0.25) is 0 Å². The average molecular weight is 187 g/mol. The minimum atomic E-state index is -1.01. The highest BCUT2D eigenvalue weighted by molar-refractivity contribution is 6.09. The first-order valence-electron chi connectivity index (χ1n) is 4.19. The summed E-state index contributed by atoms with van der Waals surface area (Å²) in [4.78, 5) is 10.7. The molecule has 0 aliphatic rings. The number of carboxylic acid groups (broad SMARTS) is 1. The lowest BCUT2D eigenvalue weighted by Crippen LogP contribution is -2.04. The third kappa shape index (κ3) is 1.19. The Morgan fingerprint density at radius 1 is 1.29 bits per heavy atom. The topological polar surface area (TPSA) is 42.2 Å². The zero-order chi connectivity index (χ0) is 10.1. The molecule has 1 aromatic heterocycles.